The molecule has 1 N–H and O–H groups in total. The molecule has 2 aromatic rings. The van der Waals surface area contributed by atoms with Crippen molar-refractivity contribution in [3.8, 4) is 0 Å². The Morgan fingerprint density at radius 1 is 1.05 bits per heavy atom. The number of hydrogen-bond donors (Lipinski definition) is 1. The Balaban J connectivity index is 1.84. The predicted octanol–water partition coefficient (Wildman–Crippen LogP) is 3.81. The summed E-state index contributed by atoms with van der Waals surface area (Å²) in [6.45, 7) is 1.73. The lowest BCUT2D eigenvalue weighted by molar-refractivity contribution is -0.119. The van der Waals surface area contributed by atoms with Crippen LogP contribution >= 0.6 is 15.9 Å². The molecular formula is C17H16BrNO3. The number of halogens is 1. The van der Waals surface area contributed by atoms with Gasteiger partial charge in [-0.1, -0.05) is 35.0 Å². The molecule has 0 aliphatic heterocycles. The summed E-state index contributed by atoms with van der Waals surface area (Å²) in [5, 5.41) is 2.66. The molecular weight excluding hydrogens is 346 g/mol. The molecule has 0 aliphatic rings. The minimum atomic E-state index is -0.506. The van der Waals surface area contributed by atoms with E-state index in [1.54, 1.807) is 24.3 Å². The molecule has 0 bridgehead atoms. The van der Waals surface area contributed by atoms with Gasteiger partial charge >= 0.3 is 5.97 Å². The van der Waals surface area contributed by atoms with Crippen LogP contribution in [-0.2, 0) is 16.0 Å². The van der Waals surface area contributed by atoms with Gasteiger partial charge in [-0.15, -0.1) is 0 Å². The van der Waals surface area contributed by atoms with Gasteiger partial charge in [0.25, 0.3) is 5.91 Å². The van der Waals surface area contributed by atoms with Crippen LogP contribution in [0.15, 0.2) is 53.0 Å². The molecule has 0 aromatic heterocycles. The number of nitrogens with one attached hydrogen (secondary N) is 1. The van der Waals surface area contributed by atoms with Crippen LogP contribution in [0.4, 0.5) is 5.69 Å². The SMILES string of the molecule is CCc1ccc(C(=O)OCC(=O)Nc2ccc(Br)cc2)cc1. The van der Waals surface area contributed by atoms with Gasteiger partial charge in [-0.05, 0) is 48.4 Å². The fourth-order valence-electron chi connectivity index (χ4n) is 1.82. The Morgan fingerprint density at radius 2 is 1.68 bits per heavy atom. The van der Waals surface area contributed by atoms with Crippen LogP contribution in [0.1, 0.15) is 22.8 Å². The van der Waals surface area contributed by atoms with Gasteiger partial charge in [0.15, 0.2) is 6.61 Å². The summed E-state index contributed by atoms with van der Waals surface area (Å²) >= 11 is 3.32. The average molecular weight is 362 g/mol. The normalized spacial score (nSPS) is 10.1. The van der Waals surface area contributed by atoms with E-state index in [0.29, 0.717) is 11.3 Å². The van der Waals surface area contributed by atoms with E-state index in [4.69, 9.17) is 4.74 Å². The molecule has 0 spiro atoms. The van der Waals surface area contributed by atoms with E-state index in [1.165, 1.54) is 0 Å². The van der Waals surface area contributed by atoms with Crippen LogP contribution in [0.2, 0.25) is 0 Å². The first-order valence-electron chi connectivity index (χ1n) is 6.90. The van der Waals surface area contributed by atoms with Gasteiger partial charge in [0.2, 0.25) is 0 Å². The van der Waals surface area contributed by atoms with Crippen molar-refractivity contribution in [2.75, 3.05) is 11.9 Å². The van der Waals surface area contributed by atoms with Gasteiger partial charge in [-0.2, -0.15) is 0 Å². The zero-order valence-corrected chi connectivity index (χ0v) is 13.7. The van der Waals surface area contributed by atoms with E-state index < -0.39 is 5.97 Å². The highest BCUT2D eigenvalue weighted by molar-refractivity contribution is 9.10. The molecule has 4 nitrogen and oxygen atoms in total. The average Bonchev–Trinajstić information content (AvgIpc) is 2.55. The number of carbonyl (C=O) groups excluding carboxylic acids is 2. The number of rotatable bonds is 5. The third kappa shape index (κ3) is 4.70. The first-order valence-corrected chi connectivity index (χ1v) is 7.69. The van der Waals surface area contributed by atoms with Crippen molar-refractivity contribution < 1.29 is 14.3 Å². The fraction of sp³-hybridized carbons (Fsp3) is 0.176. The Bertz CT molecular complexity index is 651. The van der Waals surface area contributed by atoms with E-state index in [9.17, 15) is 9.59 Å². The predicted molar refractivity (Wildman–Crippen MR) is 88.9 cm³/mol. The molecule has 0 saturated carbocycles. The second-order valence-corrected chi connectivity index (χ2v) is 5.60. The van der Waals surface area contributed by atoms with E-state index >= 15 is 0 Å². The van der Waals surface area contributed by atoms with Crippen molar-refractivity contribution in [1.29, 1.82) is 0 Å². The molecule has 114 valence electrons. The maximum Gasteiger partial charge on any atom is 0.338 e. The summed E-state index contributed by atoms with van der Waals surface area (Å²) in [6.07, 6.45) is 0.908. The summed E-state index contributed by atoms with van der Waals surface area (Å²) in [7, 11) is 0. The van der Waals surface area contributed by atoms with E-state index in [1.807, 2.05) is 31.2 Å². The van der Waals surface area contributed by atoms with Gasteiger partial charge in [0.1, 0.15) is 0 Å². The van der Waals surface area contributed by atoms with Gasteiger partial charge in [0, 0.05) is 10.2 Å². The highest BCUT2D eigenvalue weighted by Crippen LogP contribution is 2.14. The first kappa shape index (κ1) is 16.2. The number of amides is 1. The third-order valence-electron chi connectivity index (χ3n) is 3.06. The zero-order valence-electron chi connectivity index (χ0n) is 12.1. The fourth-order valence-corrected chi connectivity index (χ4v) is 2.09. The molecule has 1 amide bonds. The van der Waals surface area contributed by atoms with Crippen LogP contribution in [-0.4, -0.2) is 18.5 Å². The van der Waals surface area contributed by atoms with Crippen LogP contribution in [0.3, 0.4) is 0 Å². The topological polar surface area (TPSA) is 55.4 Å². The lowest BCUT2D eigenvalue weighted by atomic mass is 10.1. The highest BCUT2D eigenvalue weighted by Gasteiger charge is 2.10. The first-order chi connectivity index (χ1) is 10.6. The van der Waals surface area contributed by atoms with Crippen molar-refractivity contribution in [2.45, 2.75) is 13.3 Å². The molecule has 5 heteroatoms. The van der Waals surface area contributed by atoms with Gasteiger partial charge < -0.3 is 10.1 Å². The summed E-state index contributed by atoms with van der Waals surface area (Å²) in [5.41, 5.74) is 2.23. The quantitative estimate of drug-likeness (QED) is 0.823. The van der Waals surface area contributed by atoms with E-state index in [-0.39, 0.29) is 12.5 Å². The van der Waals surface area contributed by atoms with Crippen LogP contribution in [0.25, 0.3) is 0 Å². The number of ether oxygens (including phenoxy) is 1. The molecule has 2 rings (SSSR count). The number of anilines is 1. The Kier molecular flexibility index (Phi) is 5.72. The molecule has 0 saturated heterocycles. The number of esters is 1. The van der Waals surface area contributed by atoms with Crippen molar-refractivity contribution in [3.05, 3.63) is 64.1 Å². The summed E-state index contributed by atoms with van der Waals surface area (Å²) < 4.78 is 5.92. The molecule has 0 fully saturated rings. The maximum atomic E-state index is 11.8. The summed E-state index contributed by atoms with van der Waals surface area (Å²) in [5.74, 6) is -0.880. The molecule has 0 aliphatic carbocycles. The maximum absolute atomic E-state index is 11.8. The van der Waals surface area contributed by atoms with Gasteiger partial charge in [-0.25, -0.2) is 4.79 Å². The van der Waals surface area contributed by atoms with Crippen LogP contribution < -0.4 is 5.32 Å². The number of carbonyl (C=O) groups is 2. The third-order valence-corrected chi connectivity index (χ3v) is 3.59. The lowest BCUT2D eigenvalue weighted by Crippen LogP contribution is -2.20. The van der Waals surface area contributed by atoms with E-state index in [0.717, 1.165) is 16.5 Å². The Morgan fingerprint density at radius 3 is 2.27 bits per heavy atom. The molecule has 0 atom stereocenters. The second kappa shape index (κ2) is 7.75. The minimum absolute atomic E-state index is 0.315. The number of hydrogen-bond acceptors (Lipinski definition) is 3. The smallest absolute Gasteiger partial charge is 0.338 e. The Labute approximate surface area is 137 Å². The van der Waals surface area contributed by atoms with Crippen LogP contribution in [0.5, 0.6) is 0 Å². The largest absolute Gasteiger partial charge is 0.452 e. The van der Waals surface area contributed by atoms with Crippen LogP contribution in [0, 0.1) is 0 Å². The number of benzene rings is 2. The van der Waals surface area contributed by atoms with Crippen molar-refractivity contribution in [2.24, 2.45) is 0 Å². The molecule has 22 heavy (non-hydrogen) atoms. The number of aryl methyl sites for hydroxylation is 1. The highest BCUT2D eigenvalue weighted by atomic mass is 79.9. The van der Waals surface area contributed by atoms with Gasteiger partial charge in [-0.3, -0.25) is 4.79 Å². The standard InChI is InChI=1S/C17H16BrNO3/c1-2-12-3-5-13(6-4-12)17(21)22-11-16(20)19-15-9-7-14(18)8-10-15/h3-10H,2,11H2,1H3,(H,19,20). The summed E-state index contributed by atoms with van der Waals surface area (Å²) in [6, 6.07) is 14.3. The monoisotopic (exact) mass is 361 g/mol. The zero-order chi connectivity index (χ0) is 15.9. The minimum Gasteiger partial charge on any atom is -0.452 e. The molecule has 2 aromatic carbocycles. The lowest BCUT2D eigenvalue weighted by Gasteiger charge is -2.07. The van der Waals surface area contributed by atoms with Crippen molar-refractivity contribution in [3.63, 3.8) is 0 Å². The molecule has 0 heterocycles. The van der Waals surface area contributed by atoms with E-state index in [2.05, 4.69) is 21.2 Å². The second-order valence-electron chi connectivity index (χ2n) is 4.68. The molecule has 0 unspecified atom stereocenters. The Hall–Kier alpha value is -2.14. The van der Waals surface area contributed by atoms with Crippen molar-refractivity contribution >= 4 is 33.5 Å². The van der Waals surface area contributed by atoms with Crippen molar-refractivity contribution in [1.82, 2.24) is 0 Å². The molecule has 0 radical (unpaired) electrons. The summed E-state index contributed by atoms with van der Waals surface area (Å²) in [4.78, 5) is 23.6. The van der Waals surface area contributed by atoms with Gasteiger partial charge in [0.05, 0.1) is 5.56 Å².